The second-order valence-electron chi connectivity index (χ2n) is 7.69. The number of nitrogens with zero attached hydrogens (tertiary/aromatic N) is 1. The Morgan fingerprint density at radius 3 is 2.29 bits per heavy atom. The number of ether oxygens (including phenoxy) is 1. The predicted molar refractivity (Wildman–Crippen MR) is 127 cm³/mol. The standard InChI is InChI=1S/C26H20F3N3O3/c1-15(33)30-17-9-12-23(21(13-17)26(27,28)29)32-25(34)20-14-24(16-7-10-18(35-2)11-8-16)31-22-6-4-3-5-19(20)22/h3-14H,1-2H3,(H,30,33)(H,32,34). The molecule has 0 aliphatic rings. The summed E-state index contributed by atoms with van der Waals surface area (Å²) in [7, 11) is 1.55. The van der Waals surface area contributed by atoms with E-state index in [2.05, 4.69) is 15.6 Å². The maximum Gasteiger partial charge on any atom is 0.418 e. The van der Waals surface area contributed by atoms with E-state index in [9.17, 15) is 22.8 Å². The van der Waals surface area contributed by atoms with Crippen LogP contribution in [0.2, 0.25) is 0 Å². The molecule has 0 atom stereocenters. The topological polar surface area (TPSA) is 80.3 Å². The Kier molecular flexibility index (Phi) is 6.42. The highest BCUT2D eigenvalue weighted by atomic mass is 19.4. The summed E-state index contributed by atoms with van der Waals surface area (Å²) >= 11 is 0. The van der Waals surface area contributed by atoms with Crippen molar-refractivity contribution in [3.63, 3.8) is 0 Å². The van der Waals surface area contributed by atoms with Crippen molar-refractivity contribution in [3.05, 3.63) is 83.9 Å². The summed E-state index contributed by atoms with van der Waals surface area (Å²) in [4.78, 5) is 29.1. The van der Waals surface area contributed by atoms with Gasteiger partial charge in [-0.2, -0.15) is 13.2 Å². The van der Waals surface area contributed by atoms with Crippen LogP contribution >= 0.6 is 0 Å². The maximum atomic E-state index is 13.7. The molecule has 0 saturated heterocycles. The monoisotopic (exact) mass is 479 g/mol. The lowest BCUT2D eigenvalue weighted by Gasteiger charge is -2.16. The van der Waals surface area contributed by atoms with E-state index in [1.807, 2.05) is 0 Å². The number of methoxy groups -OCH3 is 1. The summed E-state index contributed by atoms with van der Waals surface area (Å²) in [6, 6.07) is 18.7. The van der Waals surface area contributed by atoms with Crippen LogP contribution < -0.4 is 15.4 Å². The predicted octanol–water partition coefficient (Wildman–Crippen LogP) is 6.14. The minimum atomic E-state index is -4.76. The first-order chi connectivity index (χ1) is 16.7. The fourth-order valence-corrected chi connectivity index (χ4v) is 3.63. The van der Waals surface area contributed by atoms with E-state index < -0.39 is 29.2 Å². The second-order valence-corrected chi connectivity index (χ2v) is 7.69. The van der Waals surface area contributed by atoms with Crippen LogP contribution in [-0.2, 0) is 11.0 Å². The van der Waals surface area contributed by atoms with E-state index in [1.54, 1.807) is 61.7 Å². The van der Waals surface area contributed by atoms with Crippen LogP contribution in [0.25, 0.3) is 22.2 Å². The Labute approximate surface area is 198 Å². The van der Waals surface area contributed by atoms with Gasteiger partial charge in [-0.25, -0.2) is 4.98 Å². The van der Waals surface area contributed by atoms with Gasteiger partial charge in [0.25, 0.3) is 5.91 Å². The number of rotatable bonds is 5. The summed E-state index contributed by atoms with van der Waals surface area (Å²) in [5.74, 6) is -0.588. The molecule has 0 spiro atoms. The Bertz CT molecular complexity index is 1420. The number of alkyl halides is 3. The Balaban J connectivity index is 1.76. The zero-order chi connectivity index (χ0) is 25.2. The van der Waals surface area contributed by atoms with Gasteiger partial charge in [0.15, 0.2) is 0 Å². The molecule has 0 bridgehead atoms. The van der Waals surface area contributed by atoms with Crippen LogP contribution in [0.3, 0.4) is 0 Å². The van der Waals surface area contributed by atoms with Crippen LogP contribution in [0.5, 0.6) is 5.75 Å². The largest absolute Gasteiger partial charge is 0.497 e. The van der Waals surface area contributed by atoms with Crippen molar-refractivity contribution in [2.24, 2.45) is 0 Å². The van der Waals surface area contributed by atoms with Crippen LogP contribution in [0.15, 0.2) is 72.8 Å². The van der Waals surface area contributed by atoms with Crippen LogP contribution in [0.1, 0.15) is 22.8 Å². The average Bonchev–Trinajstić information content (AvgIpc) is 2.83. The van der Waals surface area contributed by atoms with E-state index in [4.69, 9.17) is 4.74 Å². The Hall–Kier alpha value is -4.40. The van der Waals surface area contributed by atoms with Crippen molar-refractivity contribution >= 4 is 34.1 Å². The molecule has 0 aliphatic heterocycles. The minimum absolute atomic E-state index is 0.0287. The maximum absolute atomic E-state index is 13.7. The average molecular weight is 479 g/mol. The highest BCUT2D eigenvalue weighted by molar-refractivity contribution is 6.13. The van der Waals surface area contributed by atoms with E-state index in [0.29, 0.717) is 27.9 Å². The summed E-state index contributed by atoms with van der Waals surface area (Å²) in [6.07, 6.45) is -4.76. The number of hydrogen-bond donors (Lipinski definition) is 2. The highest BCUT2D eigenvalue weighted by Crippen LogP contribution is 2.37. The van der Waals surface area contributed by atoms with E-state index in [0.717, 1.165) is 12.1 Å². The van der Waals surface area contributed by atoms with Gasteiger partial charge >= 0.3 is 6.18 Å². The molecule has 2 N–H and O–H groups in total. The van der Waals surface area contributed by atoms with Crippen LogP contribution in [0, 0.1) is 0 Å². The van der Waals surface area contributed by atoms with Crippen molar-refractivity contribution < 1.29 is 27.5 Å². The number of fused-ring (bicyclic) bond motifs is 1. The normalized spacial score (nSPS) is 11.2. The molecule has 2 amide bonds. The van der Waals surface area contributed by atoms with Crippen molar-refractivity contribution in [2.45, 2.75) is 13.1 Å². The lowest BCUT2D eigenvalue weighted by Crippen LogP contribution is -2.18. The Morgan fingerprint density at radius 2 is 1.63 bits per heavy atom. The fraction of sp³-hybridized carbons (Fsp3) is 0.115. The molecule has 6 nitrogen and oxygen atoms in total. The quantitative estimate of drug-likeness (QED) is 0.360. The van der Waals surface area contributed by atoms with Crippen molar-refractivity contribution in [1.29, 1.82) is 0 Å². The number of anilines is 2. The smallest absolute Gasteiger partial charge is 0.418 e. The van der Waals surface area contributed by atoms with Gasteiger partial charge in [0.1, 0.15) is 5.75 Å². The number of nitrogens with one attached hydrogen (secondary N) is 2. The van der Waals surface area contributed by atoms with Gasteiger partial charge in [-0.15, -0.1) is 0 Å². The number of pyridine rings is 1. The molecule has 9 heteroatoms. The number of carbonyl (C=O) groups excluding carboxylic acids is 2. The zero-order valence-corrected chi connectivity index (χ0v) is 18.7. The van der Waals surface area contributed by atoms with Gasteiger partial charge in [0.2, 0.25) is 5.91 Å². The van der Waals surface area contributed by atoms with Gasteiger partial charge in [0, 0.05) is 23.6 Å². The molecule has 1 heterocycles. The first-order valence-electron chi connectivity index (χ1n) is 10.5. The van der Waals surface area contributed by atoms with E-state index >= 15 is 0 Å². The summed E-state index contributed by atoms with van der Waals surface area (Å²) in [5, 5.41) is 5.19. The molecule has 3 aromatic carbocycles. The van der Waals surface area contributed by atoms with Gasteiger partial charge in [-0.05, 0) is 54.6 Å². The molecule has 1 aromatic heterocycles. The van der Waals surface area contributed by atoms with E-state index in [-0.39, 0.29) is 11.3 Å². The number of halogens is 3. The second kappa shape index (κ2) is 9.46. The van der Waals surface area contributed by atoms with Crippen molar-refractivity contribution in [3.8, 4) is 17.0 Å². The van der Waals surface area contributed by atoms with Gasteiger partial charge in [0.05, 0.1) is 35.1 Å². The summed E-state index contributed by atoms with van der Waals surface area (Å²) < 4.78 is 46.4. The molecule has 0 fully saturated rings. The molecule has 0 saturated carbocycles. The zero-order valence-electron chi connectivity index (χ0n) is 18.7. The Morgan fingerprint density at radius 1 is 0.914 bits per heavy atom. The van der Waals surface area contributed by atoms with Crippen LogP contribution in [0.4, 0.5) is 24.5 Å². The van der Waals surface area contributed by atoms with Gasteiger partial charge < -0.3 is 15.4 Å². The van der Waals surface area contributed by atoms with Crippen molar-refractivity contribution in [1.82, 2.24) is 4.98 Å². The molecule has 0 aliphatic carbocycles. The number of hydrogen-bond acceptors (Lipinski definition) is 4. The molecule has 4 rings (SSSR count). The highest BCUT2D eigenvalue weighted by Gasteiger charge is 2.34. The SMILES string of the molecule is COc1ccc(-c2cc(C(=O)Nc3ccc(NC(C)=O)cc3C(F)(F)F)c3ccccc3n2)cc1. The molecule has 0 unspecified atom stereocenters. The minimum Gasteiger partial charge on any atom is -0.497 e. The molecule has 178 valence electrons. The molecule has 4 aromatic rings. The van der Waals surface area contributed by atoms with Gasteiger partial charge in [-0.3, -0.25) is 9.59 Å². The van der Waals surface area contributed by atoms with Crippen molar-refractivity contribution in [2.75, 3.05) is 17.7 Å². The molecular formula is C26H20F3N3O3. The number of para-hydroxylation sites is 1. The number of amides is 2. The van der Waals surface area contributed by atoms with Gasteiger partial charge in [-0.1, -0.05) is 18.2 Å². The number of aromatic nitrogens is 1. The third-order valence-corrected chi connectivity index (χ3v) is 5.24. The molecule has 35 heavy (non-hydrogen) atoms. The number of benzene rings is 3. The van der Waals surface area contributed by atoms with Crippen LogP contribution in [-0.4, -0.2) is 23.9 Å². The lowest BCUT2D eigenvalue weighted by molar-refractivity contribution is -0.137. The third-order valence-electron chi connectivity index (χ3n) is 5.24. The third kappa shape index (κ3) is 5.24. The first-order valence-corrected chi connectivity index (χ1v) is 10.5. The lowest BCUT2D eigenvalue weighted by atomic mass is 10.0. The van der Waals surface area contributed by atoms with E-state index in [1.165, 1.54) is 13.0 Å². The molecular weight excluding hydrogens is 459 g/mol. The molecule has 0 radical (unpaired) electrons. The summed E-state index contributed by atoms with van der Waals surface area (Å²) in [5.41, 5.74) is 0.339. The summed E-state index contributed by atoms with van der Waals surface area (Å²) in [6.45, 7) is 1.19. The first kappa shape index (κ1) is 23.7. The number of carbonyl (C=O) groups is 2. The fourth-order valence-electron chi connectivity index (χ4n) is 3.63.